The van der Waals surface area contributed by atoms with Gasteiger partial charge in [-0.2, -0.15) is 0 Å². The Morgan fingerprint density at radius 1 is 1.40 bits per heavy atom. The molecule has 108 valence electrons. The van der Waals surface area contributed by atoms with Crippen LogP contribution in [0.25, 0.3) is 0 Å². The Morgan fingerprint density at radius 3 is 2.75 bits per heavy atom. The van der Waals surface area contributed by atoms with Crippen LogP contribution < -0.4 is 0 Å². The smallest absolute Gasteiger partial charge is 0.326 e. The van der Waals surface area contributed by atoms with Crippen molar-refractivity contribution in [2.45, 2.75) is 32.7 Å². The molecule has 1 fully saturated rings. The third-order valence-corrected chi connectivity index (χ3v) is 4.92. The molecule has 0 bridgehead atoms. The van der Waals surface area contributed by atoms with Crippen molar-refractivity contribution in [2.75, 3.05) is 6.54 Å². The molecule has 1 aliphatic rings. The molecule has 0 spiro atoms. The summed E-state index contributed by atoms with van der Waals surface area (Å²) in [6.07, 6.45) is 1.69. The zero-order valence-electron chi connectivity index (χ0n) is 11.6. The molecule has 2 rings (SSSR count). The van der Waals surface area contributed by atoms with Crippen LogP contribution in [-0.4, -0.2) is 34.5 Å². The van der Waals surface area contributed by atoms with Crippen molar-refractivity contribution >= 4 is 27.8 Å². The average molecular weight is 340 g/mol. The number of nitrogens with zero attached hydrogens (tertiary/aromatic N) is 1. The van der Waals surface area contributed by atoms with E-state index in [1.165, 1.54) is 4.90 Å². The minimum absolute atomic E-state index is 0.0196. The number of rotatable bonds is 2. The summed E-state index contributed by atoms with van der Waals surface area (Å²) in [5, 5.41) is 9.39. The quantitative estimate of drug-likeness (QED) is 0.900. The van der Waals surface area contributed by atoms with Gasteiger partial charge in [0.25, 0.3) is 5.91 Å². The van der Waals surface area contributed by atoms with Crippen molar-refractivity contribution in [1.29, 1.82) is 0 Å². The summed E-state index contributed by atoms with van der Waals surface area (Å²) in [5.74, 6) is -1.15. The molecule has 1 aromatic carbocycles. The van der Waals surface area contributed by atoms with Crippen LogP contribution in [0.4, 0.5) is 0 Å². The summed E-state index contributed by atoms with van der Waals surface area (Å²) >= 11 is 3.42. The van der Waals surface area contributed by atoms with Crippen LogP contribution in [-0.2, 0) is 4.79 Å². The van der Waals surface area contributed by atoms with Crippen LogP contribution in [0.5, 0.6) is 0 Å². The number of carboxylic acids is 1. The van der Waals surface area contributed by atoms with Crippen LogP contribution >= 0.6 is 15.9 Å². The number of hydrogen-bond acceptors (Lipinski definition) is 2. The Labute approximate surface area is 126 Å². The summed E-state index contributed by atoms with van der Waals surface area (Å²) in [5.41, 5.74) is 1.50. The van der Waals surface area contributed by atoms with Crippen LogP contribution in [0, 0.1) is 12.8 Å². The molecule has 4 nitrogen and oxygen atoms in total. The van der Waals surface area contributed by atoms with Gasteiger partial charge >= 0.3 is 5.97 Å². The van der Waals surface area contributed by atoms with E-state index in [9.17, 15) is 14.7 Å². The fourth-order valence-corrected chi connectivity index (χ4v) is 3.19. The number of halogens is 1. The van der Waals surface area contributed by atoms with Crippen molar-refractivity contribution in [3.8, 4) is 0 Å². The maximum atomic E-state index is 12.7. The maximum Gasteiger partial charge on any atom is 0.326 e. The molecular weight excluding hydrogens is 322 g/mol. The molecule has 0 aliphatic carbocycles. The first-order valence-corrected chi connectivity index (χ1v) is 7.51. The summed E-state index contributed by atoms with van der Waals surface area (Å²) in [4.78, 5) is 25.6. The highest BCUT2D eigenvalue weighted by molar-refractivity contribution is 9.10. The SMILES string of the molecule is Cc1cccc(C(=O)N2CCCC(C)C2C(=O)O)c1Br. The summed E-state index contributed by atoms with van der Waals surface area (Å²) in [6.45, 7) is 4.30. The van der Waals surface area contributed by atoms with Gasteiger partial charge in [0.15, 0.2) is 0 Å². The molecule has 1 saturated heterocycles. The summed E-state index contributed by atoms with van der Waals surface area (Å²) in [6, 6.07) is 4.73. The topological polar surface area (TPSA) is 57.6 Å². The monoisotopic (exact) mass is 339 g/mol. The second-order valence-electron chi connectivity index (χ2n) is 5.34. The van der Waals surface area contributed by atoms with E-state index in [4.69, 9.17) is 0 Å². The fraction of sp³-hybridized carbons (Fsp3) is 0.467. The van der Waals surface area contributed by atoms with E-state index in [1.54, 1.807) is 6.07 Å². The number of benzene rings is 1. The van der Waals surface area contributed by atoms with Crippen molar-refractivity contribution in [3.05, 3.63) is 33.8 Å². The van der Waals surface area contributed by atoms with E-state index in [2.05, 4.69) is 15.9 Å². The Morgan fingerprint density at radius 2 is 2.10 bits per heavy atom. The van der Waals surface area contributed by atoms with Gasteiger partial charge in [-0.25, -0.2) is 4.79 Å². The Balaban J connectivity index is 2.35. The molecule has 2 atom stereocenters. The van der Waals surface area contributed by atoms with E-state index in [1.807, 2.05) is 26.0 Å². The highest BCUT2D eigenvalue weighted by Crippen LogP contribution is 2.28. The van der Waals surface area contributed by atoms with Gasteiger partial charge in [-0.1, -0.05) is 19.1 Å². The van der Waals surface area contributed by atoms with Gasteiger partial charge in [0.1, 0.15) is 6.04 Å². The second-order valence-corrected chi connectivity index (χ2v) is 6.13. The van der Waals surface area contributed by atoms with Crippen LogP contribution in [0.1, 0.15) is 35.7 Å². The van der Waals surface area contributed by atoms with Gasteiger partial charge in [0.2, 0.25) is 0 Å². The minimum atomic E-state index is -0.922. The first-order valence-electron chi connectivity index (χ1n) is 6.72. The Bertz CT molecular complexity index is 544. The standard InChI is InChI=1S/C15H18BrNO3/c1-9-5-3-7-11(12(9)16)14(18)17-8-4-6-10(2)13(17)15(19)20/h3,5,7,10,13H,4,6,8H2,1-2H3,(H,19,20). The first kappa shape index (κ1) is 15.0. The van der Waals surface area contributed by atoms with E-state index in [-0.39, 0.29) is 11.8 Å². The van der Waals surface area contributed by atoms with E-state index in [0.717, 1.165) is 22.9 Å². The molecular formula is C15H18BrNO3. The Hall–Kier alpha value is -1.36. The number of hydrogen-bond donors (Lipinski definition) is 1. The second kappa shape index (κ2) is 5.95. The molecule has 5 heteroatoms. The molecule has 1 aliphatic heterocycles. The first-order chi connectivity index (χ1) is 9.43. The number of amides is 1. The van der Waals surface area contributed by atoms with Crippen LogP contribution in [0.3, 0.4) is 0 Å². The molecule has 2 unspecified atom stereocenters. The molecule has 1 heterocycles. The van der Waals surface area contributed by atoms with Gasteiger partial charge in [-0.15, -0.1) is 0 Å². The van der Waals surface area contributed by atoms with E-state index >= 15 is 0 Å². The lowest BCUT2D eigenvalue weighted by atomic mass is 9.90. The average Bonchev–Trinajstić information content (AvgIpc) is 2.40. The van der Waals surface area contributed by atoms with Crippen molar-refractivity contribution < 1.29 is 14.7 Å². The van der Waals surface area contributed by atoms with Gasteiger partial charge < -0.3 is 10.0 Å². The van der Waals surface area contributed by atoms with Gasteiger partial charge in [0.05, 0.1) is 5.56 Å². The highest BCUT2D eigenvalue weighted by Gasteiger charge is 2.37. The third-order valence-electron chi connectivity index (χ3n) is 3.87. The van der Waals surface area contributed by atoms with Crippen molar-refractivity contribution in [3.63, 3.8) is 0 Å². The lowest BCUT2D eigenvalue weighted by molar-refractivity contribution is -0.145. The third kappa shape index (κ3) is 2.73. The lowest BCUT2D eigenvalue weighted by Gasteiger charge is -2.37. The van der Waals surface area contributed by atoms with Crippen LogP contribution in [0.15, 0.2) is 22.7 Å². The number of aliphatic carboxylic acids is 1. The molecule has 0 aromatic heterocycles. The number of piperidine rings is 1. The van der Waals surface area contributed by atoms with Crippen molar-refractivity contribution in [2.24, 2.45) is 5.92 Å². The predicted molar refractivity (Wildman–Crippen MR) is 79.7 cm³/mol. The lowest BCUT2D eigenvalue weighted by Crippen LogP contribution is -2.52. The Kier molecular flexibility index (Phi) is 4.48. The fourth-order valence-electron chi connectivity index (χ4n) is 2.76. The van der Waals surface area contributed by atoms with Gasteiger partial charge in [0, 0.05) is 11.0 Å². The van der Waals surface area contributed by atoms with Gasteiger partial charge in [-0.3, -0.25) is 4.79 Å². The normalized spacial score (nSPS) is 22.6. The zero-order chi connectivity index (χ0) is 14.9. The molecule has 1 N–H and O–H groups in total. The zero-order valence-corrected chi connectivity index (χ0v) is 13.2. The number of aryl methyl sites for hydroxylation is 1. The van der Waals surface area contributed by atoms with Gasteiger partial charge in [-0.05, 0) is 53.2 Å². The highest BCUT2D eigenvalue weighted by atomic mass is 79.9. The molecule has 1 aromatic rings. The largest absolute Gasteiger partial charge is 0.480 e. The van der Waals surface area contributed by atoms with Crippen molar-refractivity contribution in [1.82, 2.24) is 4.90 Å². The molecule has 1 amide bonds. The van der Waals surface area contributed by atoms with E-state index < -0.39 is 12.0 Å². The molecule has 20 heavy (non-hydrogen) atoms. The summed E-state index contributed by atoms with van der Waals surface area (Å²) in [7, 11) is 0. The predicted octanol–water partition coefficient (Wildman–Crippen LogP) is 3.08. The summed E-state index contributed by atoms with van der Waals surface area (Å²) < 4.78 is 0.743. The number of carbonyl (C=O) groups is 2. The minimum Gasteiger partial charge on any atom is -0.480 e. The van der Waals surface area contributed by atoms with Crippen LogP contribution in [0.2, 0.25) is 0 Å². The maximum absolute atomic E-state index is 12.7. The number of likely N-dealkylation sites (tertiary alicyclic amines) is 1. The number of carbonyl (C=O) groups excluding carboxylic acids is 1. The van der Waals surface area contributed by atoms with E-state index in [0.29, 0.717) is 12.1 Å². The molecule has 0 radical (unpaired) electrons. The molecule has 0 saturated carbocycles. The number of carboxylic acid groups (broad SMARTS) is 1.